The average Bonchev–Trinajstić information content (AvgIpc) is 3.34. The minimum atomic E-state index is 0.520. The molecule has 1 aliphatic carbocycles. The van der Waals surface area contributed by atoms with Crippen molar-refractivity contribution in [2.75, 3.05) is 14.2 Å². The fourth-order valence-electron chi connectivity index (χ4n) is 2.80. The highest BCUT2D eigenvalue weighted by molar-refractivity contribution is 6.33. The lowest BCUT2D eigenvalue weighted by atomic mass is 10.1. The quantitative estimate of drug-likeness (QED) is 0.873. The van der Waals surface area contributed by atoms with Gasteiger partial charge >= 0.3 is 0 Å². The Morgan fingerprint density at radius 2 is 1.86 bits per heavy atom. The number of benzene rings is 2. The average molecular weight is 318 g/mol. The van der Waals surface area contributed by atoms with E-state index in [2.05, 4.69) is 35.6 Å². The first-order chi connectivity index (χ1) is 10.7. The number of nitrogens with one attached hydrogen (secondary N) is 1. The zero-order valence-electron chi connectivity index (χ0n) is 12.8. The third kappa shape index (κ3) is 3.06. The number of hydrogen-bond donors (Lipinski definition) is 1. The molecule has 0 heterocycles. The summed E-state index contributed by atoms with van der Waals surface area (Å²) in [6.45, 7) is 0.729. The highest BCUT2D eigenvalue weighted by atomic mass is 35.5. The summed E-state index contributed by atoms with van der Waals surface area (Å²) in [7, 11) is 3.22. The van der Waals surface area contributed by atoms with Crippen LogP contribution >= 0.6 is 11.6 Å². The summed E-state index contributed by atoms with van der Waals surface area (Å²) in [4.78, 5) is 0. The molecule has 2 aromatic carbocycles. The van der Waals surface area contributed by atoms with Crippen molar-refractivity contribution in [3.05, 3.63) is 58.6 Å². The Hall–Kier alpha value is -1.71. The molecule has 1 aliphatic rings. The monoisotopic (exact) mass is 317 g/mol. The van der Waals surface area contributed by atoms with Crippen LogP contribution in [0.25, 0.3) is 0 Å². The summed E-state index contributed by atoms with van der Waals surface area (Å²) in [5.74, 6) is 1.86. The number of methoxy groups -OCH3 is 2. The Morgan fingerprint density at radius 1 is 1.09 bits per heavy atom. The van der Waals surface area contributed by atoms with Crippen molar-refractivity contribution in [3.8, 4) is 11.5 Å². The van der Waals surface area contributed by atoms with E-state index in [1.54, 1.807) is 14.2 Å². The van der Waals surface area contributed by atoms with E-state index >= 15 is 0 Å². The maximum Gasteiger partial charge on any atom is 0.179 e. The predicted octanol–water partition coefficient (Wildman–Crippen LogP) is 4.00. The van der Waals surface area contributed by atoms with E-state index in [-0.39, 0.29) is 0 Å². The van der Waals surface area contributed by atoms with Crippen LogP contribution in [0.5, 0.6) is 11.5 Å². The van der Waals surface area contributed by atoms with Crippen LogP contribution in [0.3, 0.4) is 0 Å². The van der Waals surface area contributed by atoms with Crippen LogP contribution in [0, 0.1) is 0 Å². The molecule has 1 N–H and O–H groups in total. The second kappa shape index (κ2) is 6.59. The summed E-state index contributed by atoms with van der Waals surface area (Å²) in [6.07, 6.45) is 1.18. The van der Waals surface area contributed by atoms with Crippen molar-refractivity contribution in [2.45, 2.75) is 24.9 Å². The van der Waals surface area contributed by atoms with Gasteiger partial charge in [-0.25, -0.2) is 0 Å². The van der Waals surface area contributed by atoms with Crippen LogP contribution < -0.4 is 14.8 Å². The van der Waals surface area contributed by atoms with E-state index in [0.717, 1.165) is 12.1 Å². The lowest BCUT2D eigenvalue weighted by molar-refractivity contribution is 0.354. The molecule has 2 unspecified atom stereocenters. The normalized spacial score (nSPS) is 19.8. The Morgan fingerprint density at radius 3 is 2.55 bits per heavy atom. The van der Waals surface area contributed by atoms with Gasteiger partial charge in [-0.3, -0.25) is 0 Å². The third-order valence-corrected chi connectivity index (χ3v) is 4.55. The fourth-order valence-corrected chi connectivity index (χ4v) is 3.10. The van der Waals surface area contributed by atoms with Crippen molar-refractivity contribution >= 4 is 11.6 Å². The molecule has 0 amide bonds. The SMILES string of the molecule is COc1ccc(CNC2CC2c2ccccc2)c(Cl)c1OC. The Bertz CT molecular complexity index is 645. The molecule has 22 heavy (non-hydrogen) atoms. The fraction of sp³-hybridized carbons (Fsp3) is 0.333. The number of rotatable bonds is 6. The molecule has 2 aromatic rings. The molecule has 0 saturated heterocycles. The van der Waals surface area contributed by atoms with E-state index in [9.17, 15) is 0 Å². The standard InChI is InChI=1S/C18H20ClNO2/c1-21-16-9-8-13(17(19)18(16)22-2)11-20-15-10-14(15)12-6-4-3-5-7-12/h3-9,14-15,20H,10-11H2,1-2H3. The Kier molecular flexibility index (Phi) is 4.55. The van der Waals surface area contributed by atoms with Crippen molar-refractivity contribution < 1.29 is 9.47 Å². The van der Waals surface area contributed by atoms with Crippen LogP contribution in [0.4, 0.5) is 0 Å². The van der Waals surface area contributed by atoms with Gasteiger partial charge < -0.3 is 14.8 Å². The van der Waals surface area contributed by atoms with Crippen LogP contribution in [0.1, 0.15) is 23.5 Å². The molecule has 2 atom stereocenters. The van der Waals surface area contributed by atoms with Gasteiger partial charge in [0.1, 0.15) is 0 Å². The molecule has 0 aliphatic heterocycles. The zero-order chi connectivity index (χ0) is 15.5. The maximum absolute atomic E-state index is 6.41. The van der Waals surface area contributed by atoms with E-state index in [4.69, 9.17) is 21.1 Å². The van der Waals surface area contributed by atoms with Gasteiger partial charge in [0.25, 0.3) is 0 Å². The minimum absolute atomic E-state index is 0.520. The highest BCUT2D eigenvalue weighted by Crippen LogP contribution is 2.42. The Balaban J connectivity index is 1.64. The summed E-state index contributed by atoms with van der Waals surface area (Å²) >= 11 is 6.41. The molecule has 1 saturated carbocycles. The molecule has 1 fully saturated rings. The molecule has 4 heteroatoms. The van der Waals surface area contributed by atoms with Crippen molar-refractivity contribution in [3.63, 3.8) is 0 Å². The van der Waals surface area contributed by atoms with Crippen molar-refractivity contribution in [1.82, 2.24) is 5.32 Å². The summed E-state index contributed by atoms with van der Waals surface area (Å²) < 4.78 is 10.6. The summed E-state index contributed by atoms with van der Waals surface area (Å²) in [6, 6.07) is 15.0. The topological polar surface area (TPSA) is 30.5 Å². The molecule has 0 spiro atoms. The van der Waals surface area contributed by atoms with E-state index in [1.807, 2.05) is 12.1 Å². The summed E-state index contributed by atoms with van der Waals surface area (Å²) in [5.41, 5.74) is 2.43. The molecule has 116 valence electrons. The maximum atomic E-state index is 6.41. The highest BCUT2D eigenvalue weighted by Gasteiger charge is 2.37. The predicted molar refractivity (Wildman–Crippen MR) is 89.0 cm³/mol. The lowest BCUT2D eigenvalue weighted by Crippen LogP contribution is -2.17. The second-order valence-corrected chi connectivity index (χ2v) is 5.89. The van der Waals surface area contributed by atoms with Gasteiger partial charge in [0.15, 0.2) is 11.5 Å². The van der Waals surface area contributed by atoms with Crippen molar-refractivity contribution in [1.29, 1.82) is 0 Å². The number of halogens is 1. The smallest absolute Gasteiger partial charge is 0.179 e. The molecule has 0 bridgehead atoms. The van der Waals surface area contributed by atoms with Gasteiger partial charge in [0.05, 0.1) is 19.2 Å². The van der Waals surface area contributed by atoms with Gasteiger partial charge in [-0.15, -0.1) is 0 Å². The van der Waals surface area contributed by atoms with Gasteiger partial charge in [0.2, 0.25) is 0 Å². The van der Waals surface area contributed by atoms with Gasteiger partial charge in [-0.1, -0.05) is 48.0 Å². The molecule has 0 radical (unpaired) electrons. The first-order valence-corrected chi connectivity index (χ1v) is 7.80. The molecule has 0 aromatic heterocycles. The number of ether oxygens (including phenoxy) is 2. The van der Waals surface area contributed by atoms with Crippen molar-refractivity contribution in [2.24, 2.45) is 0 Å². The van der Waals surface area contributed by atoms with Gasteiger partial charge in [-0.2, -0.15) is 0 Å². The first-order valence-electron chi connectivity index (χ1n) is 7.42. The summed E-state index contributed by atoms with van der Waals surface area (Å²) in [5, 5.41) is 4.19. The van der Waals surface area contributed by atoms with E-state index in [0.29, 0.717) is 28.5 Å². The second-order valence-electron chi connectivity index (χ2n) is 5.51. The third-order valence-electron chi connectivity index (χ3n) is 4.14. The van der Waals surface area contributed by atoms with Gasteiger partial charge in [-0.05, 0) is 23.6 Å². The van der Waals surface area contributed by atoms with E-state index in [1.165, 1.54) is 12.0 Å². The van der Waals surface area contributed by atoms with Crippen LogP contribution in [0.2, 0.25) is 5.02 Å². The Labute approximate surface area is 136 Å². The largest absolute Gasteiger partial charge is 0.493 e. The van der Waals surface area contributed by atoms with Crippen LogP contribution in [-0.2, 0) is 6.54 Å². The molecular formula is C18H20ClNO2. The number of hydrogen-bond acceptors (Lipinski definition) is 3. The van der Waals surface area contributed by atoms with Gasteiger partial charge in [0, 0.05) is 18.5 Å². The van der Waals surface area contributed by atoms with Crippen LogP contribution in [-0.4, -0.2) is 20.3 Å². The van der Waals surface area contributed by atoms with E-state index < -0.39 is 0 Å². The zero-order valence-corrected chi connectivity index (χ0v) is 13.6. The molecule has 3 rings (SSSR count). The minimum Gasteiger partial charge on any atom is -0.493 e. The van der Waals surface area contributed by atoms with Crippen LogP contribution in [0.15, 0.2) is 42.5 Å². The molecule has 3 nitrogen and oxygen atoms in total. The first kappa shape index (κ1) is 15.2. The molecular weight excluding hydrogens is 298 g/mol. The lowest BCUT2D eigenvalue weighted by Gasteiger charge is -2.13.